The SMILES string of the molecule is CC(=O)Nc1ccc(C(F)(F)F)nc1C=N. The molecule has 0 aromatic carbocycles. The summed E-state index contributed by atoms with van der Waals surface area (Å²) < 4.78 is 36.8. The molecule has 0 atom stereocenters. The molecular weight excluding hydrogens is 223 g/mol. The van der Waals surface area contributed by atoms with E-state index >= 15 is 0 Å². The summed E-state index contributed by atoms with van der Waals surface area (Å²) in [6, 6.07) is 1.82. The molecule has 0 bridgehead atoms. The third-order valence-corrected chi connectivity index (χ3v) is 1.66. The van der Waals surface area contributed by atoms with Crippen LogP contribution in [0.5, 0.6) is 0 Å². The molecule has 4 nitrogen and oxygen atoms in total. The molecule has 0 saturated carbocycles. The van der Waals surface area contributed by atoms with Crippen LogP contribution in [0, 0.1) is 5.41 Å². The summed E-state index contributed by atoms with van der Waals surface area (Å²) in [5.74, 6) is -0.440. The van der Waals surface area contributed by atoms with Crippen molar-refractivity contribution in [3.8, 4) is 0 Å². The quantitative estimate of drug-likeness (QED) is 0.765. The number of rotatable bonds is 2. The van der Waals surface area contributed by atoms with E-state index in [1.165, 1.54) is 6.92 Å². The first-order valence-electron chi connectivity index (χ1n) is 4.21. The van der Waals surface area contributed by atoms with Gasteiger partial charge in [0.25, 0.3) is 0 Å². The maximum absolute atomic E-state index is 12.3. The molecule has 0 aliphatic rings. The maximum atomic E-state index is 12.3. The van der Waals surface area contributed by atoms with E-state index in [2.05, 4.69) is 10.3 Å². The molecule has 2 N–H and O–H groups in total. The number of hydrogen-bond acceptors (Lipinski definition) is 3. The molecular formula is C9H8F3N3O. The zero-order valence-corrected chi connectivity index (χ0v) is 8.22. The Bertz CT molecular complexity index is 428. The van der Waals surface area contributed by atoms with Crippen LogP contribution in [0.3, 0.4) is 0 Å². The van der Waals surface area contributed by atoms with Gasteiger partial charge >= 0.3 is 6.18 Å². The summed E-state index contributed by atoms with van der Waals surface area (Å²) in [5.41, 5.74) is -1.25. The zero-order valence-electron chi connectivity index (χ0n) is 8.22. The molecule has 86 valence electrons. The number of alkyl halides is 3. The minimum Gasteiger partial charge on any atom is -0.324 e. The second kappa shape index (κ2) is 4.30. The lowest BCUT2D eigenvalue weighted by Gasteiger charge is -2.09. The van der Waals surface area contributed by atoms with Crippen LogP contribution in [0.1, 0.15) is 18.3 Å². The second-order valence-corrected chi connectivity index (χ2v) is 2.95. The third-order valence-electron chi connectivity index (χ3n) is 1.66. The van der Waals surface area contributed by atoms with Crippen LogP contribution < -0.4 is 5.32 Å². The Morgan fingerprint density at radius 3 is 2.56 bits per heavy atom. The van der Waals surface area contributed by atoms with Gasteiger partial charge in [0.05, 0.1) is 5.69 Å². The lowest BCUT2D eigenvalue weighted by atomic mass is 10.2. The molecule has 1 aromatic rings. The van der Waals surface area contributed by atoms with Gasteiger partial charge < -0.3 is 10.7 Å². The van der Waals surface area contributed by atoms with Gasteiger partial charge in [-0.05, 0) is 12.1 Å². The summed E-state index contributed by atoms with van der Waals surface area (Å²) in [6.45, 7) is 1.21. The van der Waals surface area contributed by atoms with Gasteiger partial charge in [-0.1, -0.05) is 0 Å². The molecule has 1 heterocycles. The van der Waals surface area contributed by atoms with Crippen LogP contribution >= 0.6 is 0 Å². The molecule has 1 amide bonds. The Labute approximate surface area is 89.0 Å². The van der Waals surface area contributed by atoms with E-state index in [4.69, 9.17) is 5.41 Å². The number of anilines is 1. The number of carbonyl (C=O) groups excluding carboxylic acids is 1. The minimum atomic E-state index is -4.56. The number of hydrogen-bond donors (Lipinski definition) is 2. The van der Waals surface area contributed by atoms with Gasteiger partial charge in [0, 0.05) is 13.1 Å². The Kier molecular flexibility index (Phi) is 3.26. The Morgan fingerprint density at radius 2 is 2.12 bits per heavy atom. The molecule has 1 rings (SSSR count). The second-order valence-electron chi connectivity index (χ2n) is 2.95. The normalized spacial score (nSPS) is 11.0. The highest BCUT2D eigenvalue weighted by Crippen LogP contribution is 2.28. The Balaban J connectivity index is 3.17. The van der Waals surface area contributed by atoms with E-state index in [0.717, 1.165) is 12.1 Å². The van der Waals surface area contributed by atoms with Crippen LogP contribution in [0.2, 0.25) is 0 Å². The predicted octanol–water partition coefficient (Wildman–Crippen LogP) is 2.06. The summed E-state index contributed by atoms with van der Waals surface area (Å²) in [4.78, 5) is 14.0. The van der Waals surface area contributed by atoms with Gasteiger partial charge in [0.15, 0.2) is 0 Å². The highest BCUT2D eigenvalue weighted by molar-refractivity contribution is 5.94. The van der Waals surface area contributed by atoms with Crippen molar-refractivity contribution in [2.45, 2.75) is 13.1 Å². The summed E-state index contributed by atoms with van der Waals surface area (Å²) >= 11 is 0. The molecule has 0 radical (unpaired) electrons. The highest BCUT2D eigenvalue weighted by atomic mass is 19.4. The molecule has 1 aromatic heterocycles. The molecule has 0 aliphatic carbocycles. The van der Waals surface area contributed by atoms with Crippen LogP contribution in [0.25, 0.3) is 0 Å². The number of nitrogens with one attached hydrogen (secondary N) is 2. The Hall–Kier alpha value is -1.92. The number of aromatic nitrogens is 1. The summed E-state index contributed by atoms with van der Waals surface area (Å²) in [6.07, 6.45) is -3.91. The maximum Gasteiger partial charge on any atom is 0.433 e. The van der Waals surface area contributed by atoms with Crippen LogP contribution in [0.4, 0.5) is 18.9 Å². The highest BCUT2D eigenvalue weighted by Gasteiger charge is 2.32. The first-order valence-corrected chi connectivity index (χ1v) is 4.21. The van der Waals surface area contributed by atoms with E-state index in [1.807, 2.05) is 0 Å². The standard InChI is InChI=1S/C9H8F3N3O/c1-5(16)14-6-2-3-8(9(10,11)12)15-7(6)4-13/h2-4,13H,1H3,(H,14,16). The topological polar surface area (TPSA) is 65.8 Å². The molecule has 7 heteroatoms. The number of nitrogens with zero attached hydrogens (tertiary/aromatic N) is 1. The van der Waals surface area contributed by atoms with Crippen LogP contribution in [-0.2, 0) is 11.0 Å². The fraction of sp³-hybridized carbons (Fsp3) is 0.222. The van der Waals surface area contributed by atoms with Crippen molar-refractivity contribution in [1.29, 1.82) is 5.41 Å². The molecule has 16 heavy (non-hydrogen) atoms. The van der Waals surface area contributed by atoms with Crippen LogP contribution in [0.15, 0.2) is 12.1 Å². The van der Waals surface area contributed by atoms with E-state index in [-0.39, 0.29) is 11.4 Å². The van der Waals surface area contributed by atoms with Crippen molar-refractivity contribution in [3.05, 3.63) is 23.5 Å². The van der Waals surface area contributed by atoms with E-state index in [1.54, 1.807) is 0 Å². The molecule has 0 spiro atoms. The molecule has 0 fully saturated rings. The van der Waals surface area contributed by atoms with Crippen molar-refractivity contribution in [1.82, 2.24) is 4.98 Å². The average molecular weight is 231 g/mol. The first kappa shape index (κ1) is 12.2. The van der Waals surface area contributed by atoms with Gasteiger partial charge in [0.2, 0.25) is 5.91 Å². The largest absolute Gasteiger partial charge is 0.433 e. The lowest BCUT2D eigenvalue weighted by Crippen LogP contribution is -2.13. The van der Waals surface area contributed by atoms with Crippen molar-refractivity contribution in [2.75, 3.05) is 5.32 Å². The van der Waals surface area contributed by atoms with E-state index in [9.17, 15) is 18.0 Å². The number of halogens is 3. The third kappa shape index (κ3) is 2.78. The molecule has 0 aliphatic heterocycles. The first-order chi connectivity index (χ1) is 7.34. The lowest BCUT2D eigenvalue weighted by molar-refractivity contribution is -0.141. The van der Waals surface area contributed by atoms with Crippen LogP contribution in [-0.4, -0.2) is 17.1 Å². The minimum absolute atomic E-state index is 0.0792. The molecule has 0 saturated heterocycles. The van der Waals surface area contributed by atoms with Crippen molar-refractivity contribution in [3.63, 3.8) is 0 Å². The number of amides is 1. The zero-order chi connectivity index (χ0) is 12.3. The monoisotopic (exact) mass is 231 g/mol. The number of pyridine rings is 1. The van der Waals surface area contributed by atoms with E-state index in [0.29, 0.717) is 6.21 Å². The molecule has 0 unspecified atom stereocenters. The van der Waals surface area contributed by atoms with Crippen molar-refractivity contribution >= 4 is 17.8 Å². The number of carbonyl (C=O) groups is 1. The fourth-order valence-corrected chi connectivity index (χ4v) is 1.04. The predicted molar refractivity (Wildman–Crippen MR) is 51.4 cm³/mol. The average Bonchev–Trinajstić information content (AvgIpc) is 2.15. The van der Waals surface area contributed by atoms with Crippen molar-refractivity contribution < 1.29 is 18.0 Å². The smallest absolute Gasteiger partial charge is 0.324 e. The summed E-state index contributed by atoms with van der Waals surface area (Å²) in [7, 11) is 0. The van der Waals surface area contributed by atoms with Gasteiger partial charge in [-0.3, -0.25) is 4.79 Å². The fourth-order valence-electron chi connectivity index (χ4n) is 1.04. The Morgan fingerprint density at radius 1 is 1.50 bits per heavy atom. The van der Waals surface area contributed by atoms with Gasteiger partial charge in [0.1, 0.15) is 11.4 Å². The van der Waals surface area contributed by atoms with Gasteiger partial charge in [-0.2, -0.15) is 13.2 Å². The van der Waals surface area contributed by atoms with Gasteiger partial charge in [-0.15, -0.1) is 0 Å². The van der Waals surface area contributed by atoms with Crippen molar-refractivity contribution in [2.24, 2.45) is 0 Å². The van der Waals surface area contributed by atoms with Gasteiger partial charge in [-0.25, -0.2) is 4.98 Å². The summed E-state index contributed by atoms with van der Waals surface area (Å²) in [5, 5.41) is 9.21. The van der Waals surface area contributed by atoms with E-state index < -0.39 is 17.8 Å².